The zero-order chi connectivity index (χ0) is 17.5. The van der Waals surface area contributed by atoms with E-state index in [0.29, 0.717) is 12.6 Å². The molecule has 2 aliphatic rings. The van der Waals surface area contributed by atoms with Gasteiger partial charge >= 0.3 is 0 Å². The highest BCUT2D eigenvalue weighted by Crippen LogP contribution is 2.32. The van der Waals surface area contributed by atoms with Crippen LogP contribution in [-0.4, -0.2) is 19.1 Å². The molecule has 3 N–H and O–H groups in total. The Morgan fingerprint density at radius 2 is 2.08 bits per heavy atom. The molecule has 25 heavy (non-hydrogen) atoms. The normalized spacial score (nSPS) is 18.9. The lowest BCUT2D eigenvalue weighted by molar-refractivity contribution is 0.238. The summed E-state index contributed by atoms with van der Waals surface area (Å²) >= 11 is 0. The molecule has 0 amide bonds. The lowest BCUT2D eigenvalue weighted by atomic mass is 10.0. The second-order valence-corrected chi connectivity index (χ2v) is 6.90. The van der Waals surface area contributed by atoms with Crippen molar-refractivity contribution in [2.45, 2.75) is 39.0 Å². The fourth-order valence-corrected chi connectivity index (χ4v) is 3.14. The standard InChI is InChI=1S/C14H12O2.C7H16N2/c1-2-4-11(5-3-1)9-15-13-7-6-12-10-16-14(12)8-13;1-6(8)4-7-2-3-9-5-7/h1-8H,9-10H2;6-7,9H,2-5,8H2,1H3. The minimum absolute atomic E-state index is 0.384. The van der Waals surface area contributed by atoms with Gasteiger partial charge in [-0.1, -0.05) is 30.3 Å². The van der Waals surface area contributed by atoms with Crippen molar-refractivity contribution >= 4 is 0 Å². The topological polar surface area (TPSA) is 56.5 Å². The Morgan fingerprint density at radius 3 is 2.68 bits per heavy atom. The van der Waals surface area contributed by atoms with Gasteiger partial charge in [0.2, 0.25) is 0 Å². The molecule has 0 aliphatic carbocycles. The van der Waals surface area contributed by atoms with E-state index in [1.165, 1.54) is 37.1 Å². The van der Waals surface area contributed by atoms with Gasteiger partial charge in [0.25, 0.3) is 0 Å². The van der Waals surface area contributed by atoms with Crippen molar-refractivity contribution in [2.75, 3.05) is 13.1 Å². The van der Waals surface area contributed by atoms with Crippen LogP contribution in [0.3, 0.4) is 0 Å². The molecule has 2 heterocycles. The van der Waals surface area contributed by atoms with E-state index in [-0.39, 0.29) is 0 Å². The molecule has 0 spiro atoms. The van der Waals surface area contributed by atoms with Gasteiger partial charge < -0.3 is 20.5 Å². The minimum Gasteiger partial charge on any atom is -0.489 e. The molecule has 1 saturated heterocycles. The van der Waals surface area contributed by atoms with E-state index >= 15 is 0 Å². The fourth-order valence-electron chi connectivity index (χ4n) is 3.14. The first kappa shape index (κ1) is 17.8. The fraction of sp³-hybridized carbons (Fsp3) is 0.429. The summed E-state index contributed by atoms with van der Waals surface area (Å²) in [5, 5.41) is 3.32. The first-order valence-corrected chi connectivity index (χ1v) is 9.09. The molecule has 2 unspecified atom stereocenters. The molecule has 134 valence electrons. The van der Waals surface area contributed by atoms with Gasteiger partial charge in [0.1, 0.15) is 24.7 Å². The van der Waals surface area contributed by atoms with E-state index < -0.39 is 0 Å². The Kier molecular flexibility index (Phi) is 6.31. The predicted octanol–water partition coefficient (Wildman–Crippen LogP) is 3.49. The van der Waals surface area contributed by atoms with Crippen molar-refractivity contribution in [3.05, 3.63) is 59.7 Å². The monoisotopic (exact) mass is 340 g/mol. The van der Waals surface area contributed by atoms with Crippen LogP contribution in [0.15, 0.2) is 48.5 Å². The van der Waals surface area contributed by atoms with Gasteiger partial charge in [0.05, 0.1) is 0 Å². The smallest absolute Gasteiger partial charge is 0.130 e. The van der Waals surface area contributed by atoms with E-state index in [2.05, 4.69) is 30.4 Å². The summed E-state index contributed by atoms with van der Waals surface area (Å²) in [7, 11) is 0. The number of nitrogens with two attached hydrogens (primary N) is 1. The molecule has 2 atom stereocenters. The summed E-state index contributed by atoms with van der Waals surface area (Å²) in [6.07, 6.45) is 2.51. The lowest BCUT2D eigenvalue weighted by Crippen LogP contribution is -2.20. The van der Waals surface area contributed by atoms with Crippen LogP contribution < -0.4 is 20.5 Å². The predicted molar refractivity (Wildman–Crippen MR) is 101 cm³/mol. The van der Waals surface area contributed by atoms with Crippen molar-refractivity contribution in [1.29, 1.82) is 0 Å². The Hall–Kier alpha value is -2.04. The molecular weight excluding hydrogens is 312 g/mol. The molecule has 1 fully saturated rings. The molecule has 0 saturated carbocycles. The zero-order valence-corrected chi connectivity index (χ0v) is 14.9. The Labute approximate surface area is 150 Å². The van der Waals surface area contributed by atoms with Crippen LogP contribution in [0.1, 0.15) is 30.9 Å². The highest BCUT2D eigenvalue weighted by molar-refractivity contribution is 5.44. The Morgan fingerprint density at radius 1 is 1.24 bits per heavy atom. The molecule has 2 aromatic carbocycles. The molecule has 0 radical (unpaired) electrons. The van der Waals surface area contributed by atoms with E-state index in [4.69, 9.17) is 15.2 Å². The third-order valence-corrected chi connectivity index (χ3v) is 4.54. The first-order valence-electron chi connectivity index (χ1n) is 9.09. The van der Waals surface area contributed by atoms with Crippen molar-refractivity contribution in [1.82, 2.24) is 5.32 Å². The summed E-state index contributed by atoms with van der Waals surface area (Å²) in [5.74, 6) is 2.66. The van der Waals surface area contributed by atoms with Crippen LogP contribution in [0.25, 0.3) is 0 Å². The molecule has 4 heteroatoms. The van der Waals surface area contributed by atoms with Gasteiger partial charge in [0.15, 0.2) is 0 Å². The van der Waals surface area contributed by atoms with Gasteiger partial charge in [-0.15, -0.1) is 0 Å². The second-order valence-electron chi connectivity index (χ2n) is 6.90. The third-order valence-electron chi connectivity index (χ3n) is 4.54. The quantitative estimate of drug-likeness (QED) is 0.875. The number of ether oxygens (including phenoxy) is 2. The largest absolute Gasteiger partial charge is 0.489 e. The molecule has 2 aliphatic heterocycles. The highest BCUT2D eigenvalue weighted by Gasteiger charge is 2.15. The molecule has 0 aromatic heterocycles. The first-order chi connectivity index (χ1) is 12.2. The maximum atomic E-state index is 5.68. The highest BCUT2D eigenvalue weighted by atomic mass is 16.5. The van der Waals surface area contributed by atoms with Gasteiger partial charge in [-0.05, 0) is 56.5 Å². The van der Waals surface area contributed by atoms with Crippen LogP contribution >= 0.6 is 0 Å². The number of rotatable bonds is 5. The molecule has 4 nitrogen and oxygen atoms in total. The van der Waals surface area contributed by atoms with E-state index in [1.54, 1.807) is 0 Å². The van der Waals surface area contributed by atoms with Gasteiger partial charge in [-0.2, -0.15) is 0 Å². The third kappa shape index (κ3) is 5.48. The van der Waals surface area contributed by atoms with E-state index in [9.17, 15) is 0 Å². The van der Waals surface area contributed by atoms with Crippen LogP contribution in [0.4, 0.5) is 0 Å². The summed E-state index contributed by atoms with van der Waals surface area (Å²) in [5.41, 5.74) is 8.07. The van der Waals surface area contributed by atoms with Gasteiger partial charge in [0, 0.05) is 17.7 Å². The molecule has 0 bridgehead atoms. The van der Waals surface area contributed by atoms with Crippen molar-refractivity contribution in [3.8, 4) is 11.5 Å². The summed E-state index contributed by atoms with van der Waals surface area (Å²) < 4.78 is 11.0. The number of benzene rings is 2. The number of hydrogen-bond donors (Lipinski definition) is 2. The number of nitrogens with one attached hydrogen (secondary N) is 1. The minimum atomic E-state index is 0.384. The maximum Gasteiger partial charge on any atom is 0.130 e. The van der Waals surface area contributed by atoms with E-state index in [0.717, 1.165) is 24.0 Å². The van der Waals surface area contributed by atoms with Gasteiger partial charge in [-0.25, -0.2) is 0 Å². The lowest BCUT2D eigenvalue weighted by Gasteiger charge is -2.20. The van der Waals surface area contributed by atoms with Crippen LogP contribution in [0.2, 0.25) is 0 Å². The maximum absolute atomic E-state index is 5.68. The summed E-state index contributed by atoms with van der Waals surface area (Å²) in [6, 6.07) is 16.5. The van der Waals surface area contributed by atoms with E-state index in [1.807, 2.05) is 30.3 Å². The van der Waals surface area contributed by atoms with Crippen molar-refractivity contribution in [3.63, 3.8) is 0 Å². The van der Waals surface area contributed by atoms with Crippen LogP contribution in [0, 0.1) is 5.92 Å². The number of fused-ring (bicyclic) bond motifs is 1. The summed E-state index contributed by atoms with van der Waals surface area (Å²) in [6.45, 7) is 5.78. The molecular formula is C21H28N2O2. The number of hydrogen-bond acceptors (Lipinski definition) is 4. The zero-order valence-electron chi connectivity index (χ0n) is 14.9. The average molecular weight is 340 g/mol. The van der Waals surface area contributed by atoms with Gasteiger partial charge in [-0.3, -0.25) is 0 Å². The molecule has 4 rings (SSSR count). The SMILES string of the molecule is CC(N)CC1CCNC1.c1ccc(COc2ccc3c(c2)OC3)cc1. The summed E-state index contributed by atoms with van der Waals surface area (Å²) in [4.78, 5) is 0. The van der Waals surface area contributed by atoms with Crippen LogP contribution in [-0.2, 0) is 13.2 Å². The Balaban J connectivity index is 0.000000173. The van der Waals surface area contributed by atoms with Crippen molar-refractivity contribution < 1.29 is 9.47 Å². The molecule has 2 aromatic rings. The van der Waals surface area contributed by atoms with Crippen LogP contribution in [0.5, 0.6) is 11.5 Å². The average Bonchev–Trinajstić information content (AvgIpc) is 3.09. The van der Waals surface area contributed by atoms with Crippen molar-refractivity contribution in [2.24, 2.45) is 11.7 Å². The Bertz CT molecular complexity index is 652. The second kappa shape index (κ2) is 8.88.